The molecule has 0 heterocycles. The molecule has 28 heavy (non-hydrogen) atoms. The number of halogens is 1. The summed E-state index contributed by atoms with van der Waals surface area (Å²) in [6.07, 6.45) is -0.780. The van der Waals surface area contributed by atoms with Crippen molar-refractivity contribution < 1.29 is 14.7 Å². The van der Waals surface area contributed by atoms with Gasteiger partial charge in [-0.05, 0) is 23.3 Å². The van der Waals surface area contributed by atoms with E-state index in [1.807, 2.05) is 51.1 Å². The molecule has 0 saturated heterocycles. The van der Waals surface area contributed by atoms with E-state index >= 15 is 0 Å². The topological polar surface area (TPSA) is 78.4 Å². The van der Waals surface area contributed by atoms with Gasteiger partial charge in [-0.3, -0.25) is 9.59 Å². The van der Waals surface area contributed by atoms with Gasteiger partial charge in [-0.15, -0.1) is 11.6 Å². The van der Waals surface area contributed by atoms with Gasteiger partial charge < -0.3 is 15.7 Å². The van der Waals surface area contributed by atoms with Gasteiger partial charge in [0, 0.05) is 5.92 Å². The van der Waals surface area contributed by atoms with Crippen LogP contribution in [0.5, 0.6) is 0 Å². The number of aliphatic hydroxyl groups is 1. The van der Waals surface area contributed by atoms with Gasteiger partial charge in [0.25, 0.3) is 0 Å². The molecule has 0 aliphatic heterocycles. The van der Waals surface area contributed by atoms with Gasteiger partial charge in [-0.1, -0.05) is 71.9 Å². The van der Waals surface area contributed by atoms with E-state index in [1.165, 1.54) is 0 Å². The van der Waals surface area contributed by atoms with Crippen LogP contribution in [0.1, 0.15) is 59.9 Å². The Kier molecular flexibility index (Phi) is 8.51. The number of carbonyl (C=O) groups is 2. The van der Waals surface area contributed by atoms with Crippen molar-refractivity contribution in [3.8, 4) is 0 Å². The van der Waals surface area contributed by atoms with Crippen LogP contribution in [0.15, 0.2) is 30.3 Å². The molecular formula is C22H35ClN2O3. The second-order valence-corrected chi connectivity index (χ2v) is 9.80. The summed E-state index contributed by atoms with van der Waals surface area (Å²) in [6, 6.07) is 8.57. The van der Waals surface area contributed by atoms with E-state index in [0.29, 0.717) is 0 Å². The predicted molar refractivity (Wildman–Crippen MR) is 114 cm³/mol. The Bertz CT molecular complexity index is 648. The summed E-state index contributed by atoms with van der Waals surface area (Å²) in [5, 5.41) is 16.3. The zero-order valence-electron chi connectivity index (χ0n) is 18.0. The number of carbonyl (C=O) groups excluding carboxylic acids is 2. The zero-order chi connectivity index (χ0) is 21.7. The quantitative estimate of drug-likeness (QED) is 0.602. The van der Waals surface area contributed by atoms with Crippen LogP contribution in [0.25, 0.3) is 0 Å². The summed E-state index contributed by atoms with van der Waals surface area (Å²) in [7, 11) is 0. The second kappa shape index (κ2) is 9.75. The van der Waals surface area contributed by atoms with E-state index in [0.717, 1.165) is 5.56 Å². The van der Waals surface area contributed by atoms with Gasteiger partial charge in [0.05, 0.1) is 12.1 Å². The highest BCUT2D eigenvalue weighted by Gasteiger charge is 2.40. The van der Waals surface area contributed by atoms with Crippen molar-refractivity contribution in [2.45, 2.75) is 72.6 Å². The van der Waals surface area contributed by atoms with Crippen molar-refractivity contribution in [1.29, 1.82) is 0 Å². The lowest BCUT2D eigenvalue weighted by Crippen LogP contribution is -2.59. The van der Waals surface area contributed by atoms with Crippen LogP contribution < -0.4 is 10.6 Å². The largest absolute Gasteiger partial charge is 0.391 e. The lowest BCUT2D eigenvalue weighted by atomic mass is 9.71. The Labute approximate surface area is 174 Å². The number of rotatable bonds is 7. The van der Waals surface area contributed by atoms with Crippen molar-refractivity contribution in [1.82, 2.24) is 10.6 Å². The van der Waals surface area contributed by atoms with Gasteiger partial charge in [-0.25, -0.2) is 0 Å². The summed E-state index contributed by atoms with van der Waals surface area (Å²) in [5.74, 6) is -1.07. The zero-order valence-corrected chi connectivity index (χ0v) is 18.8. The van der Waals surface area contributed by atoms with Gasteiger partial charge in [0.15, 0.2) is 0 Å². The lowest BCUT2D eigenvalue weighted by Gasteiger charge is -2.41. The predicted octanol–water partition coefficient (Wildman–Crippen LogP) is 3.45. The standard InChI is InChI=1S/C22H35ClN2O3/c1-14(26)18(17(21(2,3)4)15-11-9-8-10-12-15)25-20(28)19(22(5,6)7)24-16(27)13-23/h8-12,14,17-19,26H,13H2,1-7H3,(H,24,27)(H,25,28)/t14?,17?,18?,19-/m1/s1. The van der Waals surface area contributed by atoms with Crippen LogP contribution in [0.4, 0.5) is 0 Å². The third-order valence-corrected chi connectivity index (χ3v) is 5.08. The molecule has 0 fully saturated rings. The highest BCUT2D eigenvalue weighted by Crippen LogP contribution is 2.39. The van der Waals surface area contributed by atoms with Crippen molar-refractivity contribution in [2.24, 2.45) is 10.8 Å². The number of alkyl halides is 1. The molecule has 0 radical (unpaired) electrons. The fraction of sp³-hybridized carbons (Fsp3) is 0.636. The number of nitrogens with one attached hydrogen (secondary N) is 2. The normalized spacial score (nSPS) is 16.6. The molecule has 0 aliphatic rings. The van der Waals surface area contributed by atoms with E-state index in [9.17, 15) is 14.7 Å². The van der Waals surface area contributed by atoms with Crippen LogP contribution in [0.2, 0.25) is 0 Å². The molecule has 3 N–H and O–H groups in total. The minimum absolute atomic E-state index is 0.123. The summed E-state index contributed by atoms with van der Waals surface area (Å²) >= 11 is 5.61. The summed E-state index contributed by atoms with van der Waals surface area (Å²) in [5.41, 5.74) is 0.310. The van der Waals surface area contributed by atoms with Crippen LogP contribution in [-0.2, 0) is 9.59 Å². The molecule has 1 aromatic rings. The molecule has 5 nitrogen and oxygen atoms in total. The Morgan fingerprint density at radius 3 is 1.93 bits per heavy atom. The molecule has 158 valence electrons. The minimum atomic E-state index is -0.780. The molecule has 0 aliphatic carbocycles. The van der Waals surface area contributed by atoms with Gasteiger partial charge >= 0.3 is 0 Å². The minimum Gasteiger partial charge on any atom is -0.391 e. The van der Waals surface area contributed by atoms with E-state index in [-0.39, 0.29) is 23.1 Å². The lowest BCUT2D eigenvalue weighted by molar-refractivity contribution is -0.132. The molecule has 3 unspecified atom stereocenters. The first kappa shape index (κ1) is 24.4. The highest BCUT2D eigenvalue weighted by molar-refractivity contribution is 6.27. The molecule has 1 rings (SSSR count). The van der Waals surface area contributed by atoms with Gasteiger partial charge in [0.1, 0.15) is 11.9 Å². The first-order chi connectivity index (χ1) is 12.8. The van der Waals surface area contributed by atoms with Crippen molar-refractivity contribution in [3.05, 3.63) is 35.9 Å². The average Bonchev–Trinajstić information content (AvgIpc) is 2.57. The fourth-order valence-corrected chi connectivity index (χ4v) is 3.59. The molecule has 0 saturated carbocycles. The van der Waals surface area contributed by atoms with Crippen LogP contribution in [0.3, 0.4) is 0 Å². The van der Waals surface area contributed by atoms with E-state index in [2.05, 4.69) is 31.4 Å². The molecule has 2 amide bonds. The maximum absolute atomic E-state index is 13.1. The van der Waals surface area contributed by atoms with E-state index in [1.54, 1.807) is 6.92 Å². The second-order valence-electron chi connectivity index (χ2n) is 9.53. The molecule has 4 atom stereocenters. The van der Waals surface area contributed by atoms with Crippen LogP contribution >= 0.6 is 11.6 Å². The number of benzene rings is 1. The molecule has 0 spiro atoms. The summed E-state index contributed by atoms with van der Waals surface area (Å²) in [4.78, 5) is 25.0. The fourth-order valence-electron chi connectivity index (χ4n) is 3.51. The Morgan fingerprint density at radius 2 is 1.54 bits per heavy atom. The Morgan fingerprint density at radius 1 is 1.00 bits per heavy atom. The van der Waals surface area contributed by atoms with Crippen molar-refractivity contribution >= 4 is 23.4 Å². The van der Waals surface area contributed by atoms with Crippen LogP contribution in [0, 0.1) is 10.8 Å². The SMILES string of the molecule is CC(O)C(NC(=O)[C@@H](NC(=O)CCl)C(C)(C)C)C(c1ccccc1)C(C)(C)C. The molecular weight excluding hydrogens is 376 g/mol. The highest BCUT2D eigenvalue weighted by atomic mass is 35.5. The van der Waals surface area contributed by atoms with Crippen LogP contribution in [-0.4, -0.2) is 41.0 Å². The molecule has 1 aromatic carbocycles. The first-order valence-electron chi connectivity index (χ1n) is 9.67. The Hall–Kier alpha value is -1.59. The first-order valence-corrected chi connectivity index (χ1v) is 10.2. The van der Waals surface area contributed by atoms with Gasteiger partial charge in [0.2, 0.25) is 11.8 Å². The molecule has 0 bridgehead atoms. The molecule has 0 aromatic heterocycles. The number of amides is 2. The van der Waals surface area contributed by atoms with Crippen molar-refractivity contribution in [2.75, 3.05) is 5.88 Å². The van der Waals surface area contributed by atoms with Crippen molar-refractivity contribution in [3.63, 3.8) is 0 Å². The number of aliphatic hydroxyl groups excluding tert-OH is 1. The van der Waals surface area contributed by atoms with Gasteiger partial charge in [-0.2, -0.15) is 0 Å². The maximum atomic E-state index is 13.1. The number of hydrogen-bond acceptors (Lipinski definition) is 3. The third kappa shape index (κ3) is 6.78. The molecule has 6 heteroatoms. The Balaban J connectivity index is 3.25. The summed E-state index contributed by atoms with van der Waals surface area (Å²) < 4.78 is 0. The maximum Gasteiger partial charge on any atom is 0.243 e. The average molecular weight is 411 g/mol. The number of hydrogen-bond donors (Lipinski definition) is 3. The van der Waals surface area contributed by atoms with E-state index in [4.69, 9.17) is 11.6 Å². The summed E-state index contributed by atoms with van der Waals surface area (Å²) in [6.45, 7) is 13.6. The monoisotopic (exact) mass is 410 g/mol. The third-order valence-electron chi connectivity index (χ3n) is 4.83. The van der Waals surface area contributed by atoms with E-state index < -0.39 is 29.5 Å². The smallest absolute Gasteiger partial charge is 0.243 e.